The molecule has 96 valence electrons. The van der Waals surface area contributed by atoms with Gasteiger partial charge in [0.2, 0.25) is 0 Å². The first-order valence-corrected chi connectivity index (χ1v) is 8.79. The summed E-state index contributed by atoms with van der Waals surface area (Å²) in [7, 11) is 0. The molecule has 1 atom stereocenters. The average Bonchev–Trinajstić information content (AvgIpc) is 3.06. The van der Waals surface area contributed by atoms with Gasteiger partial charge in [-0.05, 0) is 69.7 Å². The van der Waals surface area contributed by atoms with E-state index in [-0.39, 0.29) is 0 Å². The zero-order valence-electron chi connectivity index (χ0n) is 10.1. The Hall–Kier alpha value is 0.620. The normalized spacial score (nSPS) is 17.4. The van der Waals surface area contributed by atoms with Crippen LogP contribution >= 0.6 is 43.2 Å². The molecule has 1 nitrogen and oxygen atoms in total. The highest BCUT2D eigenvalue weighted by molar-refractivity contribution is 9.13. The molecule has 4 heteroatoms. The standard InChI is InChI=1S/C13H19Br2NS/c1-2-7-16-11(6-5-9-3-4-9)12-8-10(14)13(15)17-12/h8-9,11,16H,2-7H2,1H3. The Bertz CT molecular complexity index is 341. The predicted molar refractivity (Wildman–Crippen MR) is 82.7 cm³/mol. The third kappa shape index (κ3) is 4.34. The maximum absolute atomic E-state index is 3.68. The Labute approximate surface area is 125 Å². The smallest absolute Gasteiger partial charge is 0.0843 e. The van der Waals surface area contributed by atoms with Crippen LogP contribution in [0.15, 0.2) is 14.3 Å². The van der Waals surface area contributed by atoms with Crippen LogP contribution in [0.5, 0.6) is 0 Å². The first-order chi connectivity index (χ1) is 8.20. The minimum atomic E-state index is 0.545. The minimum Gasteiger partial charge on any atom is -0.309 e. The van der Waals surface area contributed by atoms with Crippen LogP contribution in [-0.4, -0.2) is 6.54 Å². The second-order valence-corrected chi connectivity index (χ2v) is 8.05. The van der Waals surface area contributed by atoms with E-state index < -0.39 is 0 Å². The molecule has 1 fully saturated rings. The lowest BCUT2D eigenvalue weighted by atomic mass is 10.1. The van der Waals surface area contributed by atoms with E-state index in [1.807, 2.05) is 11.3 Å². The molecule has 1 unspecified atom stereocenters. The van der Waals surface area contributed by atoms with Crippen molar-refractivity contribution in [3.63, 3.8) is 0 Å². The van der Waals surface area contributed by atoms with Crippen LogP contribution in [-0.2, 0) is 0 Å². The summed E-state index contributed by atoms with van der Waals surface area (Å²) in [5, 5.41) is 3.68. The number of halogens is 2. The molecule has 0 radical (unpaired) electrons. The number of hydrogen-bond acceptors (Lipinski definition) is 2. The van der Waals surface area contributed by atoms with E-state index in [2.05, 4.69) is 50.2 Å². The monoisotopic (exact) mass is 379 g/mol. The summed E-state index contributed by atoms with van der Waals surface area (Å²) in [6.07, 6.45) is 6.78. The largest absolute Gasteiger partial charge is 0.309 e. The van der Waals surface area contributed by atoms with Crippen LogP contribution in [0.4, 0.5) is 0 Å². The highest BCUT2D eigenvalue weighted by atomic mass is 79.9. The van der Waals surface area contributed by atoms with Crippen molar-refractivity contribution in [1.29, 1.82) is 0 Å². The topological polar surface area (TPSA) is 12.0 Å². The summed E-state index contributed by atoms with van der Waals surface area (Å²) in [5.74, 6) is 1.02. The lowest BCUT2D eigenvalue weighted by molar-refractivity contribution is 0.476. The van der Waals surface area contributed by atoms with Crippen LogP contribution in [0.1, 0.15) is 49.9 Å². The molecule has 0 amide bonds. The third-order valence-electron chi connectivity index (χ3n) is 3.21. The quantitative estimate of drug-likeness (QED) is 0.657. The van der Waals surface area contributed by atoms with Crippen LogP contribution in [0.2, 0.25) is 0 Å². The molecule has 1 aliphatic carbocycles. The van der Waals surface area contributed by atoms with Crippen molar-refractivity contribution in [2.45, 2.75) is 45.1 Å². The number of hydrogen-bond donors (Lipinski definition) is 1. The van der Waals surface area contributed by atoms with E-state index in [0.29, 0.717) is 6.04 Å². The zero-order chi connectivity index (χ0) is 12.3. The summed E-state index contributed by atoms with van der Waals surface area (Å²) in [4.78, 5) is 1.46. The van der Waals surface area contributed by atoms with Crippen molar-refractivity contribution in [2.75, 3.05) is 6.54 Å². The van der Waals surface area contributed by atoms with Crippen molar-refractivity contribution in [2.24, 2.45) is 5.92 Å². The number of thiophene rings is 1. The van der Waals surface area contributed by atoms with Gasteiger partial charge in [-0.3, -0.25) is 0 Å². The van der Waals surface area contributed by atoms with Crippen LogP contribution in [0.3, 0.4) is 0 Å². The molecule has 0 saturated heterocycles. The molecule has 1 aromatic heterocycles. The molecule has 0 aromatic carbocycles. The van der Waals surface area contributed by atoms with Gasteiger partial charge in [0.25, 0.3) is 0 Å². The minimum absolute atomic E-state index is 0.545. The first kappa shape index (κ1) is 14.0. The van der Waals surface area contributed by atoms with Gasteiger partial charge in [0.15, 0.2) is 0 Å². The third-order valence-corrected chi connectivity index (χ3v) is 6.58. The van der Waals surface area contributed by atoms with Crippen molar-refractivity contribution in [1.82, 2.24) is 5.32 Å². The van der Waals surface area contributed by atoms with E-state index in [1.54, 1.807) is 0 Å². The summed E-state index contributed by atoms with van der Waals surface area (Å²) in [6, 6.07) is 2.80. The van der Waals surface area contributed by atoms with Crippen LogP contribution < -0.4 is 5.32 Å². The molecule has 1 aliphatic rings. The summed E-state index contributed by atoms with van der Waals surface area (Å²) in [5.41, 5.74) is 0. The van der Waals surface area contributed by atoms with E-state index >= 15 is 0 Å². The van der Waals surface area contributed by atoms with Crippen molar-refractivity contribution in [3.05, 3.63) is 19.2 Å². The summed E-state index contributed by atoms with van der Waals surface area (Å²) >= 11 is 9.02. The van der Waals surface area contributed by atoms with Gasteiger partial charge >= 0.3 is 0 Å². The van der Waals surface area contributed by atoms with Crippen LogP contribution in [0, 0.1) is 5.92 Å². The number of rotatable bonds is 7. The fraction of sp³-hybridized carbons (Fsp3) is 0.692. The molecule has 17 heavy (non-hydrogen) atoms. The molecule has 1 saturated carbocycles. The maximum Gasteiger partial charge on any atom is 0.0843 e. The van der Waals surface area contributed by atoms with Gasteiger partial charge < -0.3 is 5.32 Å². The molecule has 0 spiro atoms. The van der Waals surface area contributed by atoms with E-state index in [4.69, 9.17) is 0 Å². The fourth-order valence-electron chi connectivity index (χ4n) is 2.01. The lowest BCUT2D eigenvalue weighted by Crippen LogP contribution is -2.21. The van der Waals surface area contributed by atoms with E-state index in [1.165, 1.54) is 45.2 Å². The van der Waals surface area contributed by atoms with Gasteiger partial charge in [0, 0.05) is 15.4 Å². The summed E-state index contributed by atoms with van der Waals surface area (Å²) in [6.45, 7) is 3.34. The van der Waals surface area contributed by atoms with Gasteiger partial charge in [-0.15, -0.1) is 11.3 Å². The summed E-state index contributed by atoms with van der Waals surface area (Å²) < 4.78 is 2.40. The van der Waals surface area contributed by atoms with Gasteiger partial charge in [-0.25, -0.2) is 0 Å². The molecular formula is C13H19Br2NS. The Morgan fingerprint density at radius 2 is 2.24 bits per heavy atom. The fourth-order valence-corrected chi connectivity index (χ4v) is 4.21. The van der Waals surface area contributed by atoms with Crippen molar-refractivity contribution >= 4 is 43.2 Å². The lowest BCUT2D eigenvalue weighted by Gasteiger charge is -2.16. The van der Waals surface area contributed by atoms with Crippen molar-refractivity contribution in [3.8, 4) is 0 Å². The molecular weight excluding hydrogens is 362 g/mol. The van der Waals surface area contributed by atoms with Gasteiger partial charge in [0.05, 0.1) is 3.79 Å². The number of nitrogens with one attached hydrogen (secondary N) is 1. The highest BCUT2D eigenvalue weighted by Crippen LogP contribution is 2.40. The maximum atomic E-state index is 3.68. The van der Waals surface area contributed by atoms with E-state index in [0.717, 1.165) is 12.5 Å². The molecule has 1 N–H and O–H groups in total. The van der Waals surface area contributed by atoms with Gasteiger partial charge in [0.1, 0.15) is 0 Å². The Morgan fingerprint density at radius 1 is 1.47 bits per heavy atom. The average molecular weight is 381 g/mol. The predicted octanol–water partition coefficient (Wildman–Crippen LogP) is 5.50. The zero-order valence-corrected chi connectivity index (χ0v) is 14.1. The molecule has 1 heterocycles. The Kier molecular flexibility index (Phi) is 5.52. The van der Waals surface area contributed by atoms with Gasteiger partial charge in [-0.1, -0.05) is 19.8 Å². The van der Waals surface area contributed by atoms with E-state index in [9.17, 15) is 0 Å². The Balaban J connectivity index is 1.96. The molecule has 0 aliphatic heterocycles. The molecule has 2 rings (SSSR count). The van der Waals surface area contributed by atoms with Crippen LogP contribution in [0.25, 0.3) is 0 Å². The molecule has 0 bridgehead atoms. The first-order valence-electron chi connectivity index (χ1n) is 6.38. The SMILES string of the molecule is CCCNC(CCC1CC1)c1cc(Br)c(Br)s1. The highest BCUT2D eigenvalue weighted by Gasteiger charge is 2.23. The van der Waals surface area contributed by atoms with Gasteiger partial charge in [-0.2, -0.15) is 0 Å². The van der Waals surface area contributed by atoms with Crippen molar-refractivity contribution < 1.29 is 0 Å². The second kappa shape index (κ2) is 6.69. The second-order valence-electron chi connectivity index (χ2n) is 4.80. The molecule has 1 aromatic rings. The Morgan fingerprint density at radius 3 is 2.76 bits per heavy atom.